The Morgan fingerprint density at radius 2 is 2.08 bits per heavy atom. The van der Waals surface area contributed by atoms with Crippen LogP contribution in [-0.2, 0) is 17.8 Å². The lowest BCUT2D eigenvalue weighted by molar-refractivity contribution is -0.140. The number of aliphatic hydroxyl groups is 1. The molecule has 0 amide bonds. The second-order valence-electron chi connectivity index (χ2n) is 7.95. The standard InChI is InChI=1S/C21H29N3O2/c1-16-3-5-17(6-4-16)7-8-18-9-10-21(2,11-12-25)20(26)19(18)13-24-15-22-14-23-24/h3-6,14-15,18-19,25H,7-13H2,1-2H3/t18-,19+,21+/m1/s1. The zero-order valence-electron chi connectivity index (χ0n) is 15.8. The highest BCUT2D eigenvalue weighted by molar-refractivity contribution is 5.87. The lowest BCUT2D eigenvalue weighted by Gasteiger charge is -2.41. The van der Waals surface area contributed by atoms with Crippen molar-refractivity contribution in [1.82, 2.24) is 14.8 Å². The number of aliphatic hydroxyl groups excluding tert-OH is 1. The van der Waals surface area contributed by atoms with Crippen LogP contribution in [0, 0.1) is 24.2 Å². The van der Waals surface area contributed by atoms with Crippen molar-refractivity contribution in [1.29, 1.82) is 0 Å². The number of Topliss-reactive ketones (excluding diaryl/α,β-unsaturated/α-hetero) is 1. The molecule has 0 radical (unpaired) electrons. The lowest BCUT2D eigenvalue weighted by Crippen LogP contribution is -2.44. The molecule has 5 heteroatoms. The van der Waals surface area contributed by atoms with Gasteiger partial charge in [-0.3, -0.25) is 9.48 Å². The molecule has 1 N–H and O–H groups in total. The van der Waals surface area contributed by atoms with Gasteiger partial charge >= 0.3 is 0 Å². The summed E-state index contributed by atoms with van der Waals surface area (Å²) in [5.41, 5.74) is 2.18. The van der Waals surface area contributed by atoms with Crippen LogP contribution in [0.25, 0.3) is 0 Å². The summed E-state index contributed by atoms with van der Waals surface area (Å²) >= 11 is 0. The predicted molar refractivity (Wildman–Crippen MR) is 101 cm³/mol. The van der Waals surface area contributed by atoms with E-state index in [4.69, 9.17) is 0 Å². The van der Waals surface area contributed by atoms with E-state index in [0.717, 1.165) is 25.7 Å². The van der Waals surface area contributed by atoms with E-state index in [1.807, 2.05) is 6.92 Å². The SMILES string of the molecule is Cc1ccc(CC[C@@H]2CC[C@@](C)(CCO)C(=O)[C@H]2Cn2cncn2)cc1. The van der Waals surface area contributed by atoms with E-state index in [9.17, 15) is 9.90 Å². The smallest absolute Gasteiger partial charge is 0.144 e. The monoisotopic (exact) mass is 355 g/mol. The van der Waals surface area contributed by atoms with Gasteiger partial charge in [0.1, 0.15) is 18.4 Å². The largest absolute Gasteiger partial charge is 0.396 e. The molecule has 1 saturated carbocycles. The maximum Gasteiger partial charge on any atom is 0.144 e. The van der Waals surface area contributed by atoms with Gasteiger partial charge in [0.25, 0.3) is 0 Å². The number of ketones is 1. The average Bonchev–Trinajstić information content (AvgIpc) is 3.13. The fourth-order valence-corrected chi connectivity index (χ4v) is 4.20. The highest BCUT2D eigenvalue weighted by Gasteiger charge is 2.45. The first kappa shape index (κ1) is 18.8. The van der Waals surface area contributed by atoms with Crippen LogP contribution in [0.3, 0.4) is 0 Å². The fraction of sp³-hybridized carbons (Fsp3) is 0.571. The number of hydrogen-bond donors (Lipinski definition) is 1. The number of nitrogens with zero attached hydrogens (tertiary/aromatic N) is 3. The summed E-state index contributed by atoms with van der Waals surface area (Å²) in [6, 6.07) is 8.66. The van der Waals surface area contributed by atoms with Gasteiger partial charge in [0, 0.05) is 17.9 Å². The van der Waals surface area contributed by atoms with E-state index in [1.165, 1.54) is 17.5 Å². The van der Waals surface area contributed by atoms with Gasteiger partial charge in [-0.05, 0) is 50.5 Å². The molecule has 0 spiro atoms. The highest BCUT2D eigenvalue weighted by atomic mass is 16.3. The molecular weight excluding hydrogens is 326 g/mol. The lowest BCUT2D eigenvalue weighted by atomic mass is 9.63. The molecule has 1 fully saturated rings. The minimum absolute atomic E-state index is 0.0618. The van der Waals surface area contributed by atoms with Gasteiger partial charge in [-0.25, -0.2) is 4.98 Å². The molecule has 1 heterocycles. The van der Waals surface area contributed by atoms with Crippen LogP contribution in [0.5, 0.6) is 0 Å². The van der Waals surface area contributed by atoms with Gasteiger partial charge in [-0.1, -0.05) is 36.8 Å². The second-order valence-corrected chi connectivity index (χ2v) is 7.95. The van der Waals surface area contributed by atoms with Crippen molar-refractivity contribution in [3.8, 4) is 0 Å². The normalized spacial score (nSPS) is 26.2. The summed E-state index contributed by atoms with van der Waals surface area (Å²) in [4.78, 5) is 17.3. The molecule has 1 aromatic heterocycles. The number of carbonyl (C=O) groups excluding carboxylic acids is 1. The summed E-state index contributed by atoms with van der Waals surface area (Å²) in [6.45, 7) is 4.75. The third kappa shape index (κ3) is 4.21. The number of rotatable bonds is 7. The molecule has 3 atom stereocenters. The summed E-state index contributed by atoms with van der Waals surface area (Å²) in [5.74, 6) is 0.564. The van der Waals surface area contributed by atoms with Gasteiger partial charge in [0.2, 0.25) is 0 Å². The van der Waals surface area contributed by atoms with E-state index >= 15 is 0 Å². The Hall–Kier alpha value is -2.01. The molecule has 3 rings (SSSR count). The maximum atomic E-state index is 13.3. The van der Waals surface area contributed by atoms with E-state index in [-0.39, 0.29) is 18.3 Å². The Morgan fingerprint density at radius 3 is 2.73 bits per heavy atom. The van der Waals surface area contributed by atoms with E-state index in [1.54, 1.807) is 11.0 Å². The number of carbonyl (C=O) groups is 1. The number of aromatic nitrogens is 3. The van der Waals surface area contributed by atoms with Crippen molar-refractivity contribution >= 4 is 5.78 Å². The minimum Gasteiger partial charge on any atom is -0.396 e. The summed E-state index contributed by atoms with van der Waals surface area (Å²) in [5, 5.41) is 13.6. The molecule has 0 aliphatic heterocycles. The van der Waals surface area contributed by atoms with Crippen molar-refractivity contribution < 1.29 is 9.90 Å². The number of aryl methyl sites for hydroxylation is 2. The van der Waals surface area contributed by atoms with Crippen LogP contribution in [-0.4, -0.2) is 32.3 Å². The van der Waals surface area contributed by atoms with Crippen molar-refractivity contribution in [3.05, 3.63) is 48.0 Å². The molecule has 1 aromatic carbocycles. The number of benzene rings is 1. The Balaban J connectivity index is 1.73. The van der Waals surface area contributed by atoms with Crippen LogP contribution in [0.4, 0.5) is 0 Å². The molecule has 0 unspecified atom stereocenters. The van der Waals surface area contributed by atoms with Gasteiger partial charge in [0.05, 0.1) is 6.54 Å². The summed E-state index contributed by atoms with van der Waals surface area (Å²) < 4.78 is 1.77. The van der Waals surface area contributed by atoms with Crippen molar-refractivity contribution in [2.75, 3.05) is 6.61 Å². The molecule has 2 aromatic rings. The summed E-state index contributed by atoms with van der Waals surface area (Å²) in [7, 11) is 0. The molecule has 140 valence electrons. The Labute approximate surface area is 155 Å². The zero-order valence-corrected chi connectivity index (χ0v) is 15.8. The van der Waals surface area contributed by atoms with Gasteiger partial charge in [0.15, 0.2) is 0 Å². The van der Waals surface area contributed by atoms with Crippen LogP contribution in [0.1, 0.15) is 43.7 Å². The van der Waals surface area contributed by atoms with Crippen LogP contribution < -0.4 is 0 Å². The van der Waals surface area contributed by atoms with E-state index < -0.39 is 5.41 Å². The van der Waals surface area contributed by atoms with Crippen molar-refractivity contribution in [2.45, 2.75) is 52.5 Å². The van der Waals surface area contributed by atoms with Crippen LogP contribution in [0.15, 0.2) is 36.9 Å². The molecule has 1 aliphatic rings. The Morgan fingerprint density at radius 1 is 1.31 bits per heavy atom. The van der Waals surface area contributed by atoms with E-state index in [0.29, 0.717) is 18.9 Å². The predicted octanol–water partition coefficient (Wildman–Crippen LogP) is 3.20. The average molecular weight is 355 g/mol. The molecule has 1 aliphatic carbocycles. The molecule has 0 saturated heterocycles. The first-order valence-electron chi connectivity index (χ1n) is 9.55. The third-order valence-electron chi connectivity index (χ3n) is 6.01. The van der Waals surface area contributed by atoms with Crippen molar-refractivity contribution in [3.63, 3.8) is 0 Å². The topological polar surface area (TPSA) is 68.0 Å². The Bertz CT molecular complexity index is 711. The van der Waals surface area contributed by atoms with Crippen LogP contribution >= 0.6 is 0 Å². The quantitative estimate of drug-likeness (QED) is 0.828. The van der Waals surface area contributed by atoms with Crippen LogP contribution in [0.2, 0.25) is 0 Å². The molecule has 26 heavy (non-hydrogen) atoms. The highest BCUT2D eigenvalue weighted by Crippen LogP contribution is 2.43. The van der Waals surface area contributed by atoms with E-state index in [2.05, 4.69) is 41.3 Å². The molecular formula is C21H29N3O2. The van der Waals surface area contributed by atoms with Gasteiger partial charge in [-0.2, -0.15) is 5.10 Å². The van der Waals surface area contributed by atoms with Gasteiger partial charge in [-0.15, -0.1) is 0 Å². The number of hydrogen-bond acceptors (Lipinski definition) is 4. The second kappa shape index (κ2) is 8.12. The van der Waals surface area contributed by atoms with Gasteiger partial charge < -0.3 is 5.11 Å². The zero-order chi connectivity index (χ0) is 18.6. The minimum atomic E-state index is -0.416. The Kier molecular flexibility index (Phi) is 5.87. The molecule has 0 bridgehead atoms. The first-order valence-corrected chi connectivity index (χ1v) is 9.55. The third-order valence-corrected chi connectivity index (χ3v) is 6.01. The fourth-order valence-electron chi connectivity index (χ4n) is 4.20. The first-order chi connectivity index (χ1) is 12.5. The molecule has 5 nitrogen and oxygen atoms in total. The van der Waals surface area contributed by atoms with Crippen molar-refractivity contribution in [2.24, 2.45) is 17.3 Å². The maximum absolute atomic E-state index is 13.3. The summed E-state index contributed by atoms with van der Waals surface area (Å²) in [6.07, 6.45) is 7.62.